The molecule has 29 heavy (non-hydrogen) atoms. The van der Waals surface area contributed by atoms with E-state index in [-0.39, 0.29) is 6.54 Å². The number of methoxy groups -OCH3 is 1. The van der Waals surface area contributed by atoms with Crippen molar-refractivity contribution in [2.45, 2.75) is 36.9 Å². The zero-order valence-corrected chi connectivity index (χ0v) is 17.8. The van der Waals surface area contributed by atoms with Crippen molar-refractivity contribution >= 4 is 27.8 Å². The quantitative estimate of drug-likeness (QED) is 0.800. The fraction of sp³-hybridized carbons (Fsp3) is 0.600. The number of ether oxygens (including phenoxy) is 2. The van der Waals surface area contributed by atoms with Gasteiger partial charge in [-0.2, -0.15) is 0 Å². The van der Waals surface area contributed by atoms with Gasteiger partial charge in [0, 0.05) is 50.8 Å². The van der Waals surface area contributed by atoms with Crippen LogP contribution in [-0.4, -0.2) is 70.5 Å². The van der Waals surface area contributed by atoms with Crippen molar-refractivity contribution < 1.29 is 22.7 Å². The van der Waals surface area contributed by atoms with Gasteiger partial charge in [0.15, 0.2) is 9.84 Å². The van der Waals surface area contributed by atoms with E-state index in [4.69, 9.17) is 15.2 Å². The first-order valence-corrected chi connectivity index (χ1v) is 11.8. The van der Waals surface area contributed by atoms with Gasteiger partial charge in [0.1, 0.15) is 5.75 Å². The highest BCUT2D eigenvalue weighted by molar-refractivity contribution is 7.91. The van der Waals surface area contributed by atoms with Crippen molar-refractivity contribution in [3.63, 3.8) is 0 Å². The van der Waals surface area contributed by atoms with E-state index in [0.717, 1.165) is 43.9 Å². The summed E-state index contributed by atoms with van der Waals surface area (Å²) < 4.78 is 32.9. The molecule has 2 amide bonds. The minimum atomic E-state index is -3.02. The second-order valence-corrected chi connectivity index (χ2v) is 9.94. The molecule has 0 unspecified atom stereocenters. The van der Waals surface area contributed by atoms with Crippen LogP contribution in [0.1, 0.15) is 36.3 Å². The van der Waals surface area contributed by atoms with E-state index < -0.39 is 21.1 Å². The van der Waals surface area contributed by atoms with Gasteiger partial charge in [0.25, 0.3) is 0 Å². The van der Waals surface area contributed by atoms with Crippen LogP contribution < -0.4 is 10.5 Å². The molecule has 0 bridgehead atoms. The van der Waals surface area contributed by atoms with Crippen molar-refractivity contribution in [2.24, 2.45) is 10.7 Å². The lowest BCUT2D eigenvalue weighted by Gasteiger charge is -2.24. The molecule has 3 aliphatic rings. The Morgan fingerprint density at radius 2 is 2.00 bits per heavy atom. The third-order valence-electron chi connectivity index (χ3n) is 5.73. The van der Waals surface area contributed by atoms with E-state index in [0.29, 0.717) is 18.9 Å². The highest BCUT2D eigenvalue weighted by Crippen LogP contribution is 2.41. The molecule has 9 heteroatoms. The van der Waals surface area contributed by atoms with Gasteiger partial charge in [-0.3, -0.25) is 4.99 Å². The van der Waals surface area contributed by atoms with E-state index in [1.807, 2.05) is 6.21 Å². The molecule has 2 fully saturated rings. The molecule has 0 radical (unpaired) electrons. The van der Waals surface area contributed by atoms with Crippen molar-refractivity contribution in [3.8, 4) is 5.75 Å². The third kappa shape index (κ3) is 5.08. The molecule has 2 N–H and O–H groups in total. The zero-order chi connectivity index (χ0) is 21.0. The Balaban J connectivity index is 0.000000177. The van der Waals surface area contributed by atoms with Crippen molar-refractivity contribution in [1.82, 2.24) is 4.90 Å². The lowest BCUT2D eigenvalue weighted by molar-refractivity contribution is 0.0854. The number of nitrogens with two attached hydrogens (primary N) is 1. The molecule has 2 saturated heterocycles. The molecule has 8 nitrogen and oxygen atoms in total. The minimum absolute atomic E-state index is 0.244. The van der Waals surface area contributed by atoms with Crippen LogP contribution in [0.2, 0.25) is 0 Å². The summed E-state index contributed by atoms with van der Waals surface area (Å²) in [4.78, 5) is 16.5. The maximum atomic E-state index is 11.0. The SMILES string of the molecule is COc1ccc(C2CCOCC2)c2c1CC=N2.CS(=O)(=O)[C@H]1CCN(C(N)=O)C1. The van der Waals surface area contributed by atoms with Crippen LogP contribution in [0, 0.1) is 0 Å². The molecule has 3 aliphatic heterocycles. The number of hydrogen-bond donors (Lipinski definition) is 1. The predicted octanol–water partition coefficient (Wildman–Crippen LogP) is 2.03. The van der Waals surface area contributed by atoms with Gasteiger partial charge in [0.05, 0.1) is 18.0 Å². The second-order valence-electron chi connectivity index (χ2n) is 7.61. The number of hydrogen-bond acceptors (Lipinski definition) is 6. The zero-order valence-electron chi connectivity index (χ0n) is 17.0. The summed E-state index contributed by atoms with van der Waals surface area (Å²) in [6.45, 7) is 2.44. The number of sulfone groups is 1. The molecule has 1 aromatic rings. The van der Waals surface area contributed by atoms with Gasteiger partial charge in [-0.05, 0) is 36.8 Å². The first kappa shape index (κ1) is 21.6. The van der Waals surface area contributed by atoms with Gasteiger partial charge in [-0.25, -0.2) is 13.2 Å². The van der Waals surface area contributed by atoms with Crippen molar-refractivity contribution in [3.05, 3.63) is 23.3 Å². The molecular weight excluding hydrogens is 394 g/mol. The molecule has 1 atom stereocenters. The van der Waals surface area contributed by atoms with Gasteiger partial charge in [0.2, 0.25) is 0 Å². The van der Waals surface area contributed by atoms with Crippen LogP contribution in [-0.2, 0) is 21.0 Å². The summed E-state index contributed by atoms with van der Waals surface area (Å²) in [5.74, 6) is 1.56. The monoisotopic (exact) mass is 423 g/mol. The Bertz CT molecular complexity index is 878. The number of rotatable bonds is 3. The first-order chi connectivity index (χ1) is 13.8. The van der Waals surface area contributed by atoms with Gasteiger partial charge in [-0.15, -0.1) is 0 Å². The maximum Gasteiger partial charge on any atom is 0.314 e. The van der Waals surface area contributed by atoms with E-state index >= 15 is 0 Å². The summed E-state index contributed by atoms with van der Waals surface area (Å²) in [7, 11) is -1.29. The molecule has 160 valence electrons. The summed E-state index contributed by atoms with van der Waals surface area (Å²) >= 11 is 0. The van der Waals surface area contributed by atoms with Crippen molar-refractivity contribution in [2.75, 3.05) is 39.7 Å². The lowest BCUT2D eigenvalue weighted by atomic mass is 9.89. The fourth-order valence-electron chi connectivity index (χ4n) is 4.02. The molecule has 0 aliphatic carbocycles. The maximum absolute atomic E-state index is 11.0. The normalized spacial score (nSPS) is 21.4. The van der Waals surface area contributed by atoms with Gasteiger partial charge < -0.3 is 20.1 Å². The average Bonchev–Trinajstić information content (AvgIpc) is 3.38. The molecular formula is C20H29N3O5S. The Kier molecular flexibility index (Phi) is 6.79. The lowest BCUT2D eigenvalue weighted by Crippen LogP contribution is -2.35. The van der Waals surface area contributed by atoms with Crippen LogP contribution in [0.4, 0.5) is 10.5 Å². The number of amides is 2. The van der Waals surface area contributed by atoms with Crippen LogP contribution >= 0.6 is 0 Å². The third-order valence-corrected chi connectivity index (χ3v) is 7.33. The largest absolute Gasteiger partial charge is 0.496 e. The molecule has 3 heterocycles. The number of likely N-dealkylation sites (tertiary alicyclic amines) is 1. The Morgan fingerprint density at radius 1 is 1.28 bits per heavy atom. The van der Waals surface area contributed by atoms with E-state index in [2.05, 4.69) is 17.1 Å². The Morgan fingerprint density at radius 3 is 2.55 bits per heavy atom. The number of nitrogens with zero attached hydrogens (tertiary/aromatic N) is 2. The minimum Gasteiger partial charge on any atom is -0.496 e. The molecule has 0 aromatic heterocycles. The predicted molar refractivity (Wildman–Crippen MR) is 112 cm³/mol. The van der Waals surface area contributed by atoms with Crippen LogP contribution in [0.3, 0.4) is 0 Å². The van der Waals surface area contributed by atoms with Crippen LogP contribution in [0.5, 0.6) is 5.75 Å². The number of benzene rings is 1. The number of aliphatic imine (C=N–C) groups is 1. The summed E-state index contributed by atoms with van der Waals surface area (Å²) in [5, 5.41) is -0.426. The van der Waals surface area contributed by atoms with E-state index in [9.17, 15) is 13.2 Å². The van der Waals surface area contributed by atoms with Crippen molar-refractivity contribution in [1.29, 1.82) is 0 Å². The number of fused-ring (bicyclic) bond motifs is 1. The molecule has 4 rings (SSSR count). The molecule has 0 saturated carbocycles. The summed E-state index contributed by atoms with van der Waals surface area (Å²) in [6, 6.07) is 3.72. The Hall–Kier alpha value is -2.13. The van der Waals surface area contributed by atoms with Crippen LogP contribution in [0.25, 0.3) is 0 Å². The smallest absolute Gasteiger partial charge is 0.314 e. The highest BCUT2D eigenvalue weighted by Gasteiger charge is 2.31. The second kappa shape index (κ2) is 9.13. The van der Waals surface area contributed by atoms with Crippen LogP contribution in [0.15, 0.2) is 17.1 Å². The van der Waals surface area contributed by atoms with E-state index in [1.54, 1.807) is 7.11 Å². The standard InChI is InChI=1S/C14H17NO2.C6H12N2O3S/c1-16-13-3-2-11(10-5-8-17-9-6-10)14-12(13)4-7-15-14;1-12(10,11)5-2-3-8(4-5)6(7)9/h2-3,7,10H,4-6,8-9H2,1H3;5H,2-4H2,1H3,(H2,7,9)/t;5-/m.0/s1. The number of primary amides is 1. The molecule has 1 aromatic carbocycles. The fourth-order valence-corrected chi connectivity index (χ4v) is 5.01. The summed E-state index contributed by atoms with van der Waals surface area (Å²) in [6.07, 6.45) is 6.78. The number of urea groups is 1. The van der Waals surface area contributed by atoms with Gasteiger partial charge in [-0.1, -0.05) is 6.07 Å². The summed E-state index contributed by atoms with van der Waals surface area (Å²) in [5.41, 5.74) is 8.76. The first-order valence-electron chi connectivity index (χ1n) is 9.84. The highest BCUT2D eigenvalue weighted by atomic mass is 32.2. The topological polar surface area (TPSA) is 111 Å². The average molecular weight is 424 g/mol. The molecule has 0 spiro atoms. The van der Waals surface area contributed by atoms with E-state index in [1.165, 1.54) is 22.3 Å². The van der Waals surface area contributed by atoms with Gasteiger partial charge >= 0.3 is 6.03 Å². The Labute approximate surface area is 172 Å². The number of carbonyl (C=O) groups is 1. The number of carbonyl (C=O) groups excluding carboxylic acids is 1.